The van der Waals surface area contributed by atoms with Crippen molar-refractivity contribution >= 4 is 5.95 Å². The number of benzene rings is 1. The first-order valence-corrected chi connectivity index (χ1v) is 6.25. The lowest BCUT2D eigenvalue weighted by Gasteiger charge is -2.12. The number of imidazole rings is 1. The summed E-state index contributed by atoms with van der Waals surface area (Å²) >= 11 is 0. The Morgan fingerprint density at radius 2 is 2.11 bits per heavy atom. The van der Waals surface area contributed by atoms with E-state index in [1.165, 1.54) is 6.07 Å². The van der Waals surface area contributed by atoms with Crippen LogP contribution in [0.1, 0.15) is 19.4 Å². The van der Waals surface area contributed by atoms with E-state index in [-0.39, 0.29) is 6.54 Å². The van der Waals surface area contributed by atoms with Crippen molar-refractivity contribution in [2.45, 2.75) is 26.9 Å². The number of nitrogens with one attached hydrogen (secondary N) is 1. The Kier molecular flexibility index (Phi) is 4.14. The summed E-state index contributed by atoms with van der Waals surface area (Å²) in [6.07, 6.45) is 3.55. The van der Waals surface area contributed by atoms with Gasteiger partial charge in [0, 0.05) is 31.0 Å². The predicted molar refractivity (Wildman–Crippen MR) is 70.7 cm³/mol. The fourth-order valence-electron chi connectivity index (χ4n) is 1.87. The van der Waals surface area contributed by atoms with Crippen molar-refractivity contribution in [3.8, 4) is 0 Å². The van der Waals surface area contributed by atoms with Gasteiger partial charge < -0.3 is 9.88 Å². The molecule has 1 N–H and O–H groups in total. The molecule has 102 valence electrons. The second-order valence-electron chi connectivity index (χ2n) is 4.89. The van der Waals surface area contributed by atoms with Crippen LogP contribution in [-0.4, -0.2) is 9.55 Å². The predicted octanol–water partition coefficient (Wildman–Crippen LogP) is 3.43. The minimum absolute atomic E-state index is 0.207. The number of aromatic nitrogens is 2. The van der Waals surface area contributed by atoms with Crippen LogP contribution in [0, 0.1) is 17.6 Å². The van der Waals surface area contributed by atoms with E-state index in [1.807, 2.05) is 10.8 Å². The smallest absolute Gasteiger partial charge is 0.203 e. The maximum absolute atomic E-state index is 13.5. The first kappa shape index (κ1) is 13.5. The number of anilines is 1. The van der Waals surface area contributed by atoms with E-state index in [9.17, 15) is 8.78 Å². The number of hydrogen-bond donors (Lipinski definition) is 1. The zero-order chi connectivity index (χ0) is 13.8. The standard InChI is InChI=1S/C14H17F2N3/c1-10(2)9-19-6-5-17-14(19)18-8-11-7-12(15)3-4-13(11)16/h3-7,10H,8-9H2,1-2H3,(H,17,18). The van der Waals surface area contributed by atoms with Gasteiger partial charge in [-0.05, 0) is 24.1 Å². The lowest BCUT2D eigenvalue weighted by molar-refractivity contribution is 0.525. The quantitative estimate of drug-likeness (QED) is 0.897. The van der Waals surface area contributed by atoms with Crippen LogP contribution in [0.4, 0.5) is 14.7 Å². The van der Waals surface area contributed by atoms with Crippen molar-refractivity contribution in [1.29, 1.82) is 0 Å². The lowest BCUT2D eigenvalue weighted by atomic mass is 10.2. The van der Waals surface area contributed by atoms with Crippen molar-refractivity contribution in [1.82, 2.24) is 9.55 Å². The van der Waals surface area contributed by atoms with Gasteiger partial charge in [0.25, 0.3) is 0 Å². The average Bonchev–Trinajstić information content (AvgIpc) is 2.77. The van der Waals surface area contributed by atoms with Gasteiger partial charge in [0.1, 0.15) is 11.6 Å². The molecule has 0 saturated heterocycles. The Labute approximate surface area is 111 Å². The molecule has 2 rings (SSSR count). The van der Waals surface area contributed by atoms with E-state index in [1.54, 1.807) is 6.20 Å². The minimum atomic E-state index is -0.441. The highest BCUT2D eigenvalue weighted by Crippen LogP contribution is 2.13. The van der Waals surface area contributed by atoms with Crippen LogP contribution in [0.25, 0.3) is 0 Å². The van der Waals surface area contributed by atoms with E-state index in [0.29, 0.717) is 17.4 Å². The third kappa shape index (κ3) is 3.53. The molecule has 0 amide bonds. The second kappa shape index (κ2) is 5.82. The average molecular weight is 265 g/mol. The summed E-state index contributed by atoms with van der Waals surface area (Å²) in [6, 6.07) is 3.43. The molecule has 0 aliphatic carbocycles. The van der Waals surface area contributed by atoms with Crippen molar-refractivity contribution in [2.75, 3.05) is 5.32 Å². The minimum Gasteiger partial charge on any atom is -0.351 e. The second-order valence-corrected chi connectivity index (χ2v) is 4.89. The first-order chi connectivity index (χ1) is 9.06. The number of halogens is 2. The molecular weight excluding hydrogens is 248 g/mol. The van der Waals surface area contributed by atoms with Crippen LogP contribution in [0.15, 0.2) is 30.6 Å². The van der Waals surface area contributed by atoms with Crippen LogP contribution < -0.4 is 5.32 Å². The van der Waals surface area contributed by atoms with Gasteiger partial charge in [-0.2, -0.15) is 0 Å². The molecule has 1 aromatic heterocycles. The Morgan fingerprint density at radius 3 is 2.84 bits per heavy atom. The number of rotatable bonds is 5. The van der Waals surface area contributed by atoms with Crippen LogP contribution in [0.2, 0.25) is 0 Å². The maximum Gasteiger partial charge on any atom is 0.203 e. The molecule has 19 heavy (non-hydrogen) atoms. The van der Waals surface area contributed by atoms with Crippen molar-refractivity contribution < 1.29 is 8.78 Å². The molecule has 1 heterocycles. The van der Waals surface area contributed by atoms with Crippen molar-refractivity contribution in [2.24, 2.45) is 5.92 Å². The largest absolute Gasteiger partial charge is 0.351 e. The third-order valence-corrected chi connectivity index (χ3v) is 2.72. The Balaban J connectivity index is 2.06. The zero-order valence-electron chi connectivity index (χ0n) is 11.0. The zero-order valence-corrected chi connectivity index (χ0v) is 11.0. The summed E-state index contributed by atoms with van der Waals surface area (Å²) < 4.78 is 28.5. The van der Waals surface area contributed by atoms with Gasteiger partial charge in [0.15, 0.2) is 0 Å². The Morgan fingerprint density at radius 1 is 1.32 bits per heavy atom. The SMILES string of the molecule is CC(C)Cn1ccnc1NCc1cc(F)ccc1F. The highest BCUT2D eigenvalue weighted by atomic mass is 19.1. The molecule has 0 spiro atoms. The molecule has 0 fully saturated rings. The van der Waals surface area contributed by atoms with E-state index >= 15 is 0 Å². The molecule has 0 aliphatic rings. The van der Waals surface area contributed by atoms with Crippen molar-refractivity contribution in [3.05, 3.63) is 47.8 Å². The third-order valence-electron chi connectivity index (χ3n) is 2.72. The first-order valence-electron chi connectivity index (χ1n) is 6.25. The summed E-state index contributed by atoms with van der Waals surface area (Å²) in [5.74, 6) is 0.289. The molecule has 0 atom stereocenters. The number of hydrogen-bond acceptors (Lipinski definition) is 2. The summed E-state index contributed by atoms with van der Waals surface area (Å²) in [4.78, 5) is 4.17. The van der Waals surface area contributed by atoms with Crippen LogP contribution >= 0.6 is 0 Å². The molecule has 3 nitrogen and oxygen atoms in total. The van der Waals surface area contributed by atoms with Crippen LogP contribution in [-0.2, 0) is 13.1 Å². The van der Waals surface area contributed by atoms with Crippen LogP contribution in [0.3, 0.4) is 0 Å². The number of nitrogens with zero attached hydrogens (tertiary/aromatic N) is 2. The van der Waals surface area contributed by atoms with Crippen molar-refractivity contribution in [3.63, 3.8) is 0 Å². The molecule has 5 heteroatoms. The van der Waals surface area contributed by atoms with E-state index in [0.717, 1.165) is 18.7 Å². The molecule has 0 radical (unpaired) electrons. The topological polar surface area (TPSA) is 29.9 Å². The molecule has 0 unspecified atom stereocenters. The monoisotopic (exact) mass is 265 g/mol. The summed E-state index contributed by atoms with van der Waals surface area (Å²) in [6.45, 7) is 5.25. The summed E-state index contributed by atoms with van der Waals surface area (Å²) in [7, 11) is 0. The van der Waals surface area contributed by atoms with Gasteiger partial charge in [0.2, 0.25) is 5.95 Å². The summed E-state index contributed by atoms with van der Waals surface area (Å²) in [5.41, 5.74) is 0.291. The molecule has 0 aliphatic heterocycles. The summed E-state index contributed by atoms with van der Waals surface area (Å²) in [5, 5.41) is 3.03. The van der Waals surface area contributed by atoms with E-state index in [2.05, 4.69) is 24.1 Å². The maximum atomic E-state index is 13.5. The Bertz CT molecular complexity index is 549. The fourth-order valence-corrected chi connectivity index (χ4v) is 1.87. The highest BCUT2D eigenvalue weighted by molar-refractivity contribution is 5.29. The van der Waals surface area contributed by atoms with Gasteiger partial charge >= 0.3 is 0 Å². The van der Waals surface area contributed by atoms with Crippen LogP contribution in [0.5, 0.6) is 0 Å². The highest BCUT2D eigenvalue weighted by Gasteiger charge is 2.07. The Hall–Kier alpha value is -1.91. The van der Waals surface area contributed by atoms with Gasteiger partial charge in [-0.15, -0.1) is 0 Å². The molecule has 0 saturated carbocycles. The fraction of sp³-hybridized carbons (Fsp3) is 0.357. The van der Waals surface area contributed by atoms with Gasteiger partial charge in [-0.3, -0.25) is 0 Å². The van der Waals surface area contributed by atoms with E-state index < -0.39 is 11.6 Å². The van der Waals surface area contributed by atoms with Gasteiger partial charge in [0.05, 0.1) is 0 Å². The van der Waals surface area contributed by atoms with Gasteiger partial charge in [-0.25, -0.2) is 13.8 Å². The van der Waals surface area contributed by atoms with Gasteiger partial charge in [-0.1, -0.05) is 13.8 Å². The molecule has 1 aromatic carbocycles. The van der Waals surface area contributed by atoms with E-state index in [4.69, 9.17) is 0 Å². The normalized spacial score (nSPS) is 11.0. The molecular formula is C14H17F2N3. The molecule has 0 bridgehead atoms. The molecule has 2 aromatic rings. The lowest BCUT2D eigenvalue weighted by Crippen LogP contribution is -2.11.